The zero-order chi connectivity index (χ0) is 14.1. The number of rotatable bonds is 3. The van der Waals surface area contributed by atoms with E-state index in [0.29, 0.717) is 0 Å². The number of primary amides is 1. The fourth-order valence-corrected chi connectivity index (χ4v) is 1.39. The van der Waals surface area contributed by atoms with Crippen molar-refractivity contribution >= 4 is 5.91 Å². The van der Waals surface area contributed by atoms with Crippen LogP contribution in [-0.2, 0) is 17.8 Å². The Morgan fingerprint density at radius 3 is 2.39 bits per heavy atom. The SMILES string of the molecule is Cc1c(CC(N)=O)[nH]c(=O)n(CC(F)(F)F)c1=O. The third-order valence-electron chi connectivity index (χ3n) is 2.21. The Hall–Kier alpha value is -2.06. The second kappa shape index (κ2) is 4.67. The van der Waals surface area contributed by atoms with Crippen LogP contribution in [0.1, 0.15) is 11.3 Å². The number of nitrogens with zero attached hydrogens (tertiary/aromatic N) is 1. The van der Waals surface area contributed by atoms with Crippen LogP contribution < -0.4 is 17.0 Å². The zero-order valence-electron chi connectivity index (χ0n) is 9.30. The molecule has 0 aliphatic heterocycles. The molecule has 9 heteroatoms. The quantitative estimate of drug-likeness (QED) is 0.766. The van der Waals surface area contributed by atoms with Gasteiger partial charge in [-0.25, -0.2) is 4.79 Å². The standard InChI is InChI=1S/C9H10F3N3O3/c1-4-5(2-6(13)16)14-8(18)15(7(4)17)3-9(10,11)12/h2-3H2,1H3,(H2,13,16)(H,14,18). The molecule has 6 nitrogen and oxygen atoms in total. The van der Waals surface area contributed by atoms with E-state index < -0.39 is 36.3 Å². The molecule has 0 spiro atoms. The van der Waals surface area contributed by atoms with Gasteiger partial charge in [0, 0.05) is 11.3 Å². The minimum Gasteiger partial charge on any atom is -0.369 e. The Bertz CT molecular complexity index is 585. The Morgan fingerprint density at radius 2 is 1.94 bits per heavy atom. The van der Waals surface area contributed by atoms with Crippen molar-refractivity contribution in [3.63, 3.8) is 0 Å². The first-order valence-electron chi connectivity index (χ1n) is 4.79. The number of halogens is 3. The molecule has 1 amide bonds. The second-order valence-corrected chi connectivity index (χ2v) is 3.68. The molecule has 0 bridgehead atoms. The summed E-state index contributed by atoms with van der Waals surface area (Å²) in [4.78, 5) is 35.6. The molecule has 0 saturated carbocycles. The average Bonchev–Trinajstić information content (AvgIpc) is 2.19. The van der Waals surface area contributed by atoms with Crippen molar-refractivity contribution in [2.24, 2.45) is 5.73 Å². The van der Waals surface area contributed by atoms with E-state index in [4.69, 9.17) is 5.73 Å². The summed E-state index contributed by atoms with van der Waals surface area (Å²) < 4.78 is 36.5. The fourth-order valence-electron chi connectivity index (χ4n) is 1.39. The van der Waals surface area contributed by atoms with Gasteiger partial charge in [0.1, 0.15) is 6.54 Å². The molecule has 18 heavy (non-hydrogen) atoms. The van der Waals surface area contributed by atoms with Crippen LogP contribution in [0.25, 0.3) is 0 Å². The molecule has 1 rings (SSSR count). The van der Waals surface area contributed by atoms with Crippen molar-refractivity contribution in [1.82, 2.24) is 9.55 Å². The highest BCUT2D eigenvalue weighted by atomic mass is 19.4. The summed E-state index contributed by atoms with van der Waals surface area (Å²) in [6.07, 6.45) is -5.10. The van der Waals surface area contributed by atoms with Crippen LogP contribution in [-0.4, -0.2) is 21.6 Å². The number of hydrogen-bond acceptors (Lipinski definition) is 3. The lowest BCUT2D eigenvalue weighted by atomic mass is 10.2. The molecule has 0 unspecified atom stereocenters. The van der Waals surface area contributed by atoms with Crippen LogP contribution in [0.15, 0.2) is 9.59 Å². The van der Waals surface area contributed by atoms with Crippen LogP contribution in [0.2, 0.25) is 0 Å². The lowest BCUT2D eigenvalue weighted by molar-refractivity contribution is -0.142. The number of aromatic amines is 1. The van der Waals surface area contributed by atoms with Gasteiger partial charge in [0.2, 0.25) is 5.91 Å². The van der Waals surface area contributed by atoms with Crippen LogP contribution in [0, 0.1) is 6.92 Å². The molecule has 0 radical (unpaired) electrons. The predicted molar refractivity (Wildman–Crippen MR) is 55.0 cm³/mol. The molecular formula is C9H10F3N3O3. The highest BCUT2D eigenvalue weighted by molar-refractivity contribution is 5.76. The van der Waals surface area contributed by atoms with Crippen molar-refractivity contribution in [3.8, 4) is 0 Å². The average molecular weight is 265 g/mol. The van der Waals surface area contributed by atoms with E-state index in [-0.39, 0.29) is 15.8 Å². The first kappa shape index (κ1) is 14.0. The largest absolute Gasteiger partial charge is 0.406 e. The fraction of sp³-hybridized carbons (Fsp3) is 0.444. The summed E-state index contributed by atoms with van der Waals surface area (Å²) >= 11 is 0. The van der Waals surface area contributed by atoms with Gasteiger partial charge in [0.05, 0.1) is 6.42 Å². The Morgan fingerprint density at radius 1 is 1.39 bits per heavy atom. The smallest absolute Gasteiger partial charge is 0.369 e. The normalized spacial score (nSPS) is 11.6. The van der Waals surface area contributed by atoms with Gasteiger partial charge in [0.25, 0.3) is 5.56 Å². The summed E-state index contributed by atoms with van der Waals surface area (Å²) in [5.41, 5.74) is 2.36. The highest BCUT2D eigenvalue weighted by Crippen LogP contribution is 2.15. The number of amides is 1. The van der Waals surface area contributed by atoms with E-state index in [1.807, 2.05) is 4.98 Å². The topological polar surface area (TPSA) is 97.9 Å². The minimum absolute atomic E-state index is 0.0276. The lowest BCUT2D eigenvalue weighted by Crippen LogP contribution is -2.42. The van der Waals surface area contributed by atoms with Gasteiger partial charge in [-0.3, -0.25) is 14.2 Å². The molecule has 1 aromatic heterocycles. The van der Waals surface area contributed by atoms with E-state index in [0.717, 1.165) is 0 Å². The maximum Gasteiger partial charge on any atom is 0.406 e. The summed E-state index contributed by atoms with van der Waals surface area (Å²) in [5.74, 6) is -0.804. The number of nitrogens with two attached hydrogens (primary N) is 1. The summed E-state index contributed by atoms with van der Waals surface area (Å²) in [6, 6.07) is 0. The first-order valence-corrected chi connectivity index (χ1v) is 4.79. The number of hydrogen-bond donors (Lipinski definition) is 2. The number of alkyl halides is 3. The number of carbonyl (C=O) groups excluding carboxylic acids is 1. The van der Waals surface area contributed by atoms with Crippen LogP contribution in [0.3, 0.4) is 0 Å². The Balaban J connectivity index is 3.34. The monoisotopic (exact) mass is 265 g/mol. The third-order valence-corrected chi connectivity index (χ3v) is 2.21. The number of H-pyrrole nitrogens is 1. The molecule has 0 fully saturated rings. The van der Waals surface area contributed by atoms with Crippen LogP contribution >= 0.6 is 0 Å². The van der Waals surface area contributed by atoms with Gasteiger partial charge in [-0.05, 0) is 6.92 Å². The van der Waals surface area contributed by atoms with Crippen LogP contribution in [0.5, 0.6) is 0 Å². The van der Waals surface area contributed by atoms with Gasteiger partial charge in [-0.15, -0.1) is 0 Å². The first-order chi connectivity index (χ1) is 8.11. The molecule has 0 aliphatic carbocycles. The number of nitrogens with one attached hydrogen (secondary N) is 1. The van der Waals surface area contributed by atoms with Crippen molar-refractivity contribution in [3.05, 3.63) is 32.1 Å². The van der Waals surface area contributed by atoms with Crippen molar-refractivity contribution < 1.29 is 18.0 Å². The lowest BCUT2D eigenvalue weighted by Gasteiger charge is -2.10. The predicted octanol–water partition coefficient (Wildman–Crippen LogP) is -0.565. The van der Waals surface area contributed by atoms with E-state index in [1.54, 1.807) is 0 Å². The van der Waals surface area contributed by atoms with E-state index in [1.165, 1.54) is 6.92 Å². The maximum atomic E-state index is 12.2. The molecule has 1 aromatic rings. The number of aromatic nitrogens is 2. The van der Waals surface area contributed by atoms with Gasteiger partial charge in [-0.1, -0.05) is 0 Å². The molecule has 0 aromatic carbocycles. The van der Waals surface area contributed by atoms with Gasteiger partial charge in [-0.2, -0.15) is 13.2 Å². The van der Waals surface area contributed by atoms with Gasteiger partial charge >= 0.3 is 11.9 Å². The maximum absolute atomic E-state index is 12.2. The number of carbonyl (C=O) groups is 1. The van der Waals surface area contributed by atoms with E-state index >= 15 is 0 Å². The van der Waals surface area contributed by atoms with E-state index in [9.17, 15) is 27.6 Å². The molecular weight excluding hydrogens is 255 g/mol. The molecule has 1 heterocycles. The molecule has 0 saturated heterocycles. The second-order valence-electron chi connectivity index (χ2n) is 3.68. The third kappa shape index (κ3) is 3.22. The zero-order valence-corrected chi connectivity index (χ0v) is 9.30. The van der Waals surface area contributed by atoms with Crippen molar-refractivity contribution in [1.29, 1.82) is 0 Å². The van der Waals surface area contributed by atoms with Crippen molar-refractivity contribution in [2.75, 3.05) is 0 Å². The molecule has 0 atom stereocenters. The van der Waals surface area contributed by atoms with Crippen molar-refractivity contribution in [2.45, 2.75) is 26.1 Å². The van der Waals surface area contributed by atoms with E-state index in [2.05, 4.69) is 0 Å². The Labute approximate surface area is 98.2 Å². The molecule has 0 aliphatic rings. The summed E-state index contributed by atoms with van der Waals surface area (Å²) in [6.45, 7) is -0.470. The summed E-state index contributed by atoms with van der Waals surface area (Å²) in [5, 5.41) is 0. The van der Waals surface area contributed by atoms with Gasteiger partial charge < -0.3 is 10.7 Å². The van der Waals surface area contributed by atoms with Crippen LogP contribution in [0.4, 0.5) is 13.2 Å². The molecule has 3 N–H and O–H groups in total. The Kier molecular flexibility index (Phi) is 3.63. The highest BCUT2D eigenvalue weighted by Gasteiger charge is 2.30. The molecule has 100 valence electrons. The van der Waals surface area contributed by atoms with Gasteiger partial charge in [0.15, 0.2) is 0 Å². The minimum atomic E-state index is -4.69. The summed E-state index contributed by atoms with van der Waals surface area (Å²) in [7, 11) is 0.